The fourth-order valence-electron chi connectivity index (χ4n) is 5.37. The van der Waals surface area contributed by atoms with E-state index in [-0.39, 0.29) is 0 Å². The molecule has 0 amide bonds. The van der Waals surface area contributed by atoms with Gasteiger partial charge < -0.3 is 0 Å². The first kappa shape index (κ1) is 21.5. The fraction of sp³-hybridized carbons (Fsp3) is 0.0286. The quantitative estimate of drug-likeness (QED) is 0.252. The van der Waals surface area contributed by atoms with Crippen LogP contribution in [-0.4, -0.2) is 10.7 Å². The third-order valence-corrected chi connectivity index (χ3v) is 7.23. The molecule has 2 heteroatoms. The highest BCUT2D eigenvalue weighted by Gasteiger charge is 2.19. The molecule has 0 spiro atoms. The standard InChI is InChI=1S/C35H24N2/c1-3-11-29-25(7-1)9-5-13-31(29)32-20-21-34(27-16-14-24(15-17-27)28-10-6-22-36-23-28)37-35-30-12-4-2-8-26(30)18-19-33(32)35/h1-20,22-23H,21H2. The molecule has 1 aliphatic heterocycles. The molecule has 0 unspecified atom stereocenters. The number of hydrogen-bond donors (Lipinski definition) is 0. The van der Waals surface area contributed by atoms with Gasteiger partial charge in [0.1, 0.15) is 0 Å². The number of rotatable bonds is 3. The summed E-state index contributed by atoms with van der Waals surface area (Å²) in [5.41, 5.74) is 9.20. The number of pyridine rings is 1. The minimum atomic E-state index is 0.758. The lowest BCUT2D eigenvalue weighted by atomic mass is 9.90. The largest absolute Gasteiger partial charge is 0.264 e. The van der Waals surface area contributed by atoms with Gasteiger partial charge in [0, 0.05) is 29.8 Å². The van der Waals surface area contributed by atoms with Gasteiger partial charge in [0.2, 0.25) is 0 Å². The Morgan fingerprint density at radius 2 is 1.24 bits per heavy atom. The summed E-state index contributed by atoms with van der Waals surface area (Å²) in [4.78, 5) is 9.61. The van der Waals surface area contributed by atoms with Crippen molar-refractivity contribution >= 4 is 38.5 Å². The Kier molecular flexibility index (Phi) is 5.22. The van der Waals surface area contributed by atoms with Crippen molar-refractivity contribution in [2.45, 2.75) is 6.42 Å². The van der Waals surface area contributed by atoms with E-state index in [9.17, 15) is 0 Å². The first-order chi connectivity index (χ1) is 18.3. The number of aromatic nitrogens is 1. The van der Waals surface area contributed by atoms with Crippen LogP contribution in [0.4, 0.5) is 5.69 Å². The van der Waals surface area contributed by atoms with Gasteiger partial charge in [-0.25, -0.2) is 0 Å². The van der Waals surface area contributed by atoms with E-state index in [1.54, 1.807) is 6.20 Å². The molecule has 2 nitrogen and oxygen atoms in total. The van der Waals surface area contributed by atoms with E-state index in [0.717, 1.165) is 34.5 Å². The number of nitrogens with zero attached hydrogens (tertiary/aromatic N) is 2. The van der Waals surface area contributed by atoms with Crippen LogP contribution in [0.2, 0.25) is 0 Å². The molecule has 0 fully saturated rings. The van der Waals surface area contributed by atoms with Crippen molar-refractivity contribution in [3.8, 4) is 11.1 Å². The summed E-state index contributed by atoms with van der Waals surface area (Å²) in [6.07, 6.45) is 6.82. The van der Waals surface area contributed by atoms with Crippen molar-refractivity contribution < 1.29 is 0 Å². The van der Waals surface area contributed by atoms with Crippen molar-refractivity contribution in [1.29, 1.82) is 0 Å². The minimum Gasteiger partial charge on any atom is -0.264 e. The van der Waals surface area contributed by atoms with Gasteiger partial charge in [0.15, 0.2) is 0 Å². The fourth-order valence-corrected chi connectivity index (χ4v) is 5.37. The molecular formula is C35H24N2. The predicted octanol–water partition coefficient (Wildman–Crippen LogP) is 9.01. The van der Waals surface area contributed by atoms with Gasteiger partial charge in [-0.1, -0.05) is 115 Å². The summed E-state index contributed by atoms with van der Waals surface area (Å²) < 4.78 is 0. The number of allylic oxidation sites excluding steroid dienone is 1. The zero-order chi connectivity index (χ0) is 24.6. The molecule has 0 saturated carbocycles. The van der Waals surface area contributed by atoms with Crippen LogP contribution < -0.4 is 0 Å². The maximum atomic E-state index is 5.35. The monoisotopic (exact) mass is 472 g/mol. The SMILES string of the molecule is C1=C(c2cccc3ccccc23)c2ccc3ccccc3c2N=C(c2ccc(-c3cccnc3)cc2)C1. The summed E-state index contributed by atoms with van der Waals surface area (Å²) in [5.74, 6) is 0. The van der Waals surface area contributed by atoms with Gasteiger partial charge in [0.25, 0.3) is 0 Å². The van der Waals surface area contributed by atoms with Gasteiger partial charge in [-0.3, -0.25) is 9.98 Å². The Balaban J connectivity index is 1.41. The van der Waals surface area contributed by atoms with Crippen LogP contribution >= 0.6 is 0 Å². The summed E-state index contributed by atoms with van der Waals surface area (Å²) in [7, 11) is 0. The third-order valence-electron chi connectivity index (χ3n) is 7.23. The third kappa shape index (κ3) is 3.84. The number of fused-ring (bicyclic) bond motifs is 4. The van der Waals surface area contributed by atoms with Crippen molar-refractivity contribution in [3.05, 3.63) is 150 Å². The van der Waals surface area contributed by atoms with E-state index < -0.39 is 0 Å². The molecule has 0 saturated heterocycles. The van der Waals surface area contributed by atoms with E-state index in [4.69, 9.17) is 4.99 Å². The summed E-state index contributed by atoms with van der Waals surface area (Å²) in [5, 5.41) is 4.90. The molecule has 37 heavy (non-hydrogen) atoms. The average molecular weight is 473 g/mol. The van der Waals surface area contributed by atoms with E-state index >= 15 is 0 Å². The molecule has 0 bridgehead atoms. The molecule has 0 atom stereocenters. The maximum Gasteiger partial charge on any atom is 0.0790 e. The molecule has 7 rings (SSSR count). The Hall–Kier alpha value is -4.82. The van der Waals surface area contributed by atoms with Crippen LogP contribution in [-0.2, 0) is 0 Å². The zero-order valence-corrected chi connectivity index (χ0v) is 20.3. The van der Waals surface area contributed by atoms with Crippen LogP contribution in [0.25, 0.3) is 38.2 Å². The van der Waals surface area contributed by atoms with Gasteiger partial charge in [0.05, 0.1) is 11.4 Å². The zero-order valence-electron chi connectivity index (χ0n) is 20.3. The van der Waals surface area contributed by atoms with Crippen molar-refractivity contribution in [2.24, 2.45) is 4.99 Å². The average Bonchev–Trinajstić information content (AvgIpc) is 3.17. The number of hydrogen-bond acceptors (Lipinski definition) is 2. The number of benzene rings is 5. The van der Waals surface area contributed by atoms with Crippen molar-refractivity contribution in [3.63, 3.8) is 0 Å². The maximum absolute atomic E-state index is 5.35. The highest BCUT2D eigenvalue weighted by atomic mass is 14.8. The van der Waals surface area contributed by atoms with Crippen LogP contribution in [0.15, 0.2) is 139 Å². The molecule has 5 aromatic carbocycles. The first-order valence-electron chi connectivity index (χ1n) is 12.6. The first-order valence-corrected chi connectivity index (χ1v) is 12.6. The molecule has 1 aliphatic rings. The normalized spacial score (nSPS) is 13.1. The molecule has 0 radical (unpaired) electrons. The van der Waals surface area contributed by atoms with Crippen LogP contribution in [0.5, 0.6) is 0 Å². The van der Waals surface area contributed by atoms with Crippen LogP contribution in [0.1, 0.15) is 23.1 Å². The second-order valence-corrected chi connectivity index (χ2v) is 9.41. The second kappa shape index (κ2) is 9.00. The van der Waals surface area contributed by atoms with Crippen LogP contribution in [0.3, 0.4) is 0 Å². The molecule has 174 valence electrons. The van der Waals surface area contributed by atoms with E-state index in [1.165, 1.54) is 38.2 Å². The molecule has 6 aromatic rings. The molecule has 2 heterocycles. The molecule has 0 aliphatic carbocycles. The predicted molar refractivity (Wildman–Crippen MR) is 155 cm³/mol. The highest BCUT2D eigenvalue weighted by molar-refractivity contribution is 6.12. The molecule has 1 aromatic heterocycles. The van der Waals surface area contributed by atoms with Crippen molar-refractivity contribution in [2.75, 3.05) is 0 Å². The van der Waals surface area contributed by atoms with Crippen LogP contribution in [0, 0.1) is 0 Å². The summed E-state index contributed by atoms with van der Waals surface area (Å²) in [6.45, 7) is 0. The van der Waals surface area contributed by atoms with E-state index in [1.807, 2.05) is 12.3 Å². The van der Waals surface area contributed by atoms with Gasteiger partial charge in [-0.2, -0.15) is 0 Å². The molecular weight excluding hydrogens is 448 g/mol. The van der Waals surface area contributed by atoms with Gasteiger partial charge in [-0.15, -0.1) is 0 Å². The van der Waals surface area contributed by atoms with E-state index in [0.29, 0.717) is 0 Å². The lowest BCUT2D eigenvalue weighted by Gasteiger charge is -2.14. The van der Waals surface area contributed by atoms with Gasteiger partial charge in [-0.05, 0) is 50.1 Å². The Bertz CT molecular complexity index is 1820. The highest BCUT2D eigenvalue weighted by Crippen LogP contribution is 2.41. The Labute approximate surface area is 216 Å². The smallest absolute Gasteiger partial charge is 0.0790 e. The Morgan fingerprint density at radius 3 is 2.05 bits per heavy atom. The Morgan fingerprint density at radius 1 is 0.514 bits per heavy atom. The lowest BCUT2D eigenvalue weighted by Crippen LogP contribution is -1.98. The second-order valence-electron chi connectivity index (χ2n) is 9.41. The number of aliphatic imine (C=N–C) groups is 1. The summed E-state index contributed by atoms with van der Waals surface area (Å²) in [6, 6.07) is 41.0. The lowest BCUT2D eigenvalue weighted by molar-refractivity contribution is 1.33. The topological polar surface area (TPSA) is 25.2 Å². The van der Waals surface area contributed by atoms with E-state index in [2.05, 4.69) is 120 Å². The van der Waals surface area contributed by atoms with Gasteiger partial charge >= 0.3 is 0 Å². The summed E-state index contributed by atoms with van der Waals surface area (Å²) >= 11 is 0. The molecule has 0 N–H and O–H groups in total. The van der Waals surface area contributed by atoms with Crippen molar-refractivity contribution in [1.82, 2.24) is 4.98 Å². The minimum absolute atomic E-state index is 0.758.